The molecule has 2 unspecified atom stereocenters. The monoisotopic (exact) mass is 437 g/mol. The Kier molecular flexibility index (Phi) is 5.14. The summed E-state index contributed by atoms with van der Waals surface area (Å²) in [6.07, 6.45) is 9.36. The highest BCUT2D eigenvalue weighted by molar-refractivity contribution is 6.21. The van der Waals surface area contributed by atoms with E-state index in [4.69, 9.17) is 10.5 Å². The zero-order chi connectivity index (χ0) is 22.7. The van der Waals surface area contributed by atoms with Gasteiger partial charge >= 0.3 is 0 Å². The van der Waals surface area contributed by atoms with Crippen LogP contribution >= 0.6 is 0 Å². The normalized spacial score (nSPS) is 35.0. The number of carbonyl (C=O) groups excluding carboxylic acids is 2. The van der Waals surface area contributed by atoms with Crippen LogP contribution in [0.2, 0.25) is 0 Å². The highest BCUT2D eigenvalue weighted by Crippen LogP contribution is 2.59. The van der Waals surface area contributed by atoms with Crippen LogP contribution in [-0.2, 0) is 20.9 Å². The van der Waals surface area contributed by atoms with Crippen molar-refractivity contribution in [2.24, 2.45) is 28.9 Å². The first kappa shape index (κ1) is 21.8. The lowest BCUT2D eigenvalue weighted by atomic mass is 9.51. The molecule has 0 saturated heterocycles. The summed E-state index contributed by atoms with van der Waals surface area (Å²) < 4.78 is 7.20. The van der Waals surface area contributed by atoms with Gasteiger partial charge in [0, 0.05) is 17.3 Å². The third kappa shape index (κ3) is 3.84. The molecule has 1 amide bonds. The maximum Gasteiger partial charge on any atom is 0.257 e. The lowest BCUT2D eigenvalue weighted by molar-refractivity contribution is -0.878. The summed E-state index contributed by atoms with van der Waals surface area (Å²) in [5, 5.41) is 0. The summed E-state index contributed by atoms with van der Waals surface area (Å²) in [6, 6.07) is 10.9. The molecule has 1 aromatic rings. The number of amides is 1. The average Bonchev–Trinajstić information content (AvgIpc) is 3.48. The standard InChI is InChI=1S/C27H36N2O3/c1-26(9-10-26)24(30)22(25(28)31)16-29(2,3)23-20-11-19-12-21(23)15-27(13-19,14-20)32-17-18-7-5-4-6-8-18/h4-8,16,19-21,23H,9-15,17H2,1-3H3,(H-,28,31)/p+1. The van der Waals surface area contributed by atoms with Crippen molar-refractivity contribution in [2.75, 3.05) is 14.1 Å². The minimum Gasteiger partial charge on any atom is -0.370 e. The molecule has 5 aliphatic carbocycles. The Morgan fingerprint density at radius 2 is 1.72 bits per heavy atom. The molecular formula is C27H37N2O3+. The quantitative estimate of drug-likeness (QED) is 0.290. The predicted octanol–water partition coefficient (Wildman–Crippen LogP) is 3.97. The van der Waals surface area contributed by atoms with Gasteiger partial charge in [0.25, 0.3) is 5.91 Å². The largest absolute Gasteiger partial charge is 0.370 e. The number of hydrogen-bond donors (Lipinski definition) is 1. The molecule has 6 rings (SSSR count). The van der Waals surface area contributed by atoms with E-state index in [9.17, 15) is 9.59 Å². The fraction of sp³-hybridized carbons (Fsp3) is 0.630. The summed E-state index contributed by atoms with van der Waals surface area (Å²) in [6.45, 7) is 2.62. The van der Waals surface area contributed by atoms with Crippen molar-refractivity contribution in [3.05, 3.63) is 47.7 Å². The Morgan fingerprint density at radius 1 is 1.09 bits per heavy atom. The number of Topliss-reactive ketones (excluding diaryl/α,β-unsaturated/α-hetero) is 1. The van der Waals surface area contributed by atoms with Crippen molar-refractivity contribution in [1.29, 1.82) is 0 Å². The van der Waals surface area contributed by atoms with E-state index in [2.05, 4.69) is 38.4 Å². The number of nitrogens with two attached hydrogens (primary N) is 1. The smallest absolute Gasteiger partial charge is 0.257 e. The maximum atomic E-state index is 13.0. The summed E-state index contributed by atoms with van der Waals surface area (Å²) in [5.41, 5.74) is 6.74. The third-order valence-corrected chi connectivity index (χ3v) is 8.84. The molecule has 0 spiro atoms. The highest BCUT2D eigenvalue weighted by atomic mass is 16.5. The molecule has 1 aromatic carbocycles. The molecule has 172 valence electrons. The second-order valence-electron chi connectivity index (χ2n) is 11.8. The minimum absolute atomic E-state index is 0.0175. The van der Waals surface area contributed by atoms with Crippen molar-refractivity contribution in [3.8, 4) is 0 Å². The second kappa shape index (κ2) is 7.53. The van der Waals surface area contributed by atoms with Crippen molar-refractivity contribution >= 4 is 11.7 Å². The Labute approximate surface area is 191 Å². The summed E-state index contributed by atoms with van der Waals surface area (Å²) >= 11 is 0. The molecule has 0 radical (unpaired) electrons. The number of carbonyl (C=O) groups is 2. The SMILES string of the molecule is CC1(C(=O)C(=C[N+](C)(C)C2C3CC4CC2CC(OCc2ccccc2)(C4)C3)C(N)=O)CC1. The van der Waals surface area contributed by atoms with Gasteiger partial charge in [-0.3, -0.25) is 14.1 Å². The van der Waals surface area contributed by atoms with Gasteiger partial charge in [0.15, 0.2) is 5.78 Å². The molecule has 5 saturated carbocycles. The van der Waals surface area contributed by atoms with Crippen molar-refractivity contribution < 1.29 is 18.8 Å². The van der Waals surface area contributed by atoms with Gasteiger partial charge in [-0.05, 0) is 56.4 Å². The zero-order valence-corrected chi connectivity index (χ0v) is 19.7. The Morgan fingerprint density at radius 3 is 2.28 bits per heavy atom. The van der Waals surface area contributed by atoms with Gasteiger partial charge in [0.2, 0.25) is 0 Å². The van der Waals surface area contributed by atoms with Crippen molar-refractivity contribution in [2.45, 2.75) is 70.1 Å². The highest BCUT2D eigenvalue weighted by Gasteiger charge is 2.60. The molecule has 32 heavy (non-hydrogen) atoms. The molecule has 2 N–H and O–H groups in total. The number of rotatable bonds is 8. The molecule has 5 nitrogen and oxygen atoms in total. The second-order valence-corrected chi connectivity index (χ2v) is 11.8. The van der Waals surface area contributed by atoms with Gasteiger partial charge in [-0.1, -0.05) is 37.3 Å². The Hall–Kier alpha value is -1.98. The van der Waals surface area contributed by atoms with Crippen LogP contribution in [0.15, 0.2) is 42.1 Å². The van der Waals surface area contributed by atoms with E-state index in [1.807, 2.05) is 19.2 Å². The van der Waals surface area contributed by atoms with Gasteiger partial charge in [-0.15, -0.1) is 0 Å². The van der Waals surface area contributed by atoms with E-state index in [1.165, 1.54) is 24.8 Å². The Balaban J connectivity index is 1.36. The maximum absolute atomic E-state index is 13.0. The number of nitrogens with zero attached hydrogens (tertiary/aromatic N) is 1. The van der Waals surface area contributed by atoms with E-state index < -0.39 is 5.91 Å². The van der Waals surface area contributed by atoms with Crippen LogP contribution in [0.4, 0.5) is 0 Å². The first-order chi connectivity index (χ1) is 15.1. The van der Waals surface area contributed by atoms with Crippen LogP contribution in [0.1, 0.15) is 57.4 Å². The first-order valence-electron chi connectivity index (χ1n) is 12.2. The zero-order valence-electron chi connectivity index (χ0n) is 19.7. The van der Waals surface area contributed by atoms with Gasteiger partial charge in [-0.25, -0.2) is 0 Å². The molecular weight excluding hydrogens is 400 g/mol. The molecule has 5 heteroatoms. The molecule has 2 atom stereocenters. The van der Waals surface area contributed by atoms with Crippen molar-refractivity contribution in [3.63, 3.8) is 0 Å². The fourth-order valence-corrected chi connectivity index (χ4v) is 7.39. The van der Waals surface area contributed by atoms with Gasteiger partial charge < -0.3 is 10.5 Å². The molecule has 5 fully saturated rings. The lowest BCUT2D eigenvalue weighted by Crippen LogP contribution is -2.65. The average molecular weight is 438 g/mol. The Bertz CT molecular complexity index is 931. The summed E-state index contributed by atoms with van der Waals surface area (Å²) in [4.78, 5) is 25.3. The number of benzene rings is 1. The molecule has 0 aromatic heterocycles. The summed E-state index contributed by atoms with van der Waals surface area (Å²) in [7, 11) is 4.30. The van der Waals surface area contributed by atoms with Crippen LogP contribution in [0.25, 0.3) is 0 Å². The number of primary amides is 1. The number of ketones is 1. The predicted molar refractivity (Wildman–Crippen MR) is 123 cm³/mol. The minimum atomic E-state index is -0.583. The van der Waals surface area contributed by atoms with Gasteiger partial charge in [0.05, 0.1) is 32.3 Å². The molecule has 0 heterocycles. The number of ether oxygens (including phenoxy) is 1. The topological polar surface area (TPSA) is 69.4 Å². The van der Waals surface area contributed by atoms with E-state index in [-0.39, 0.29) is 22.4 Å². The van der Waals surface area contributed by atoms with E-state index in [1.54, 1.807) is 0 Å². The van der Waals surface area contributed by atoms with Gasteiger partial charge in [-0.2, -0.15) is 0 Å². The lowest BCUT2D eigenvalue weighted by Gasteiger charge is -2.61. The van der Waals surface area contributed by atoms with Crippen LogP contribution < -0.4 is 5.73 Å². The molecule has 5 aliphatic rings. The van der Waals surface area contributed by atoms with E-state index in [0.717, 1.165) is 31.6 Å². The van der Waals surface area contributed by atoms with Crippen LogP contribution in [0.3, 0.4) is 0 Å². The first-order valence-corrected chi connectivity index (χ1v) is 12.2. The number of quaternary nitrogens is 1. The molecule has 0 aliphatic heterocycles. The van der Waals surface area contributed by atoms with Gasteiger partial charge in [0.1, 0.15) is 11.8 Å². The van der Waals surface area contributed by atoms with E-state index in [0.29, 0.717) is 29.0 Å². The van der Waals surface area contributed by atoms with Crippen LogP contribution in [0.5, 0.6) is 0 Å². The fourth-order valence-electron chi connectivity index (χ4n) is 7.39. The molecule has 4 bridgehead atoms. The van der Waals surface area contributed by atoms with Crippen LogP contribution in [0, 0.1) is 23.2 Å². The van der Waals surface area contributed by atoms with Crippen LogP contribution in [-0.4, -0.2) is 41.9 Å². The van der Waals surface area contributed by atoms with E-state index >= 15 is 0 Å². The number of hydrogen-bond acceptors (Lipinski definition) is 3. The van der Waals surface area contributed by atoms with Crippen molar-refractivity contribution in [1.82, 2.24) is 0 Å². The summed E-state index contributed by atoms with van der Waals surface area (Å²) in [5.74, 6) is 1.17. The third-order valence-electron chi connectivity index (χ3n) is 8.84.